The minimum absolute atomic E-state index is 0.635. The smallest absolute Gasteiger partial charge is 0.0226 e. The molecular weight excluding hydrogens is 250 g/mol. The molecule has 1 aromatic carbocycles. The minimum atomic E-state index is 0.635. The van der Waals surface area contributed by atoms with Gasteiger partial charge < -0.3 is 5.32 Å². The van der Waals surface area contributed by atoms with Crippen molar-refractivity contribution < 1.29 is 0 Å². The van der Waals surface area contributed by atoms with Gasteiger partial charge in [0.25, 0.3) is 0 Å². The number of benzene rings is 1. The van der Waals surface area contributed by atoms with Gasteiger partial charge >= 0.3 is 0 Å². The zero-order valence-electron chi connectivity index (χ0n) is 12.5. The molecule has 2 heteroatoms. The third-order valence-corrected chi connectivity index (χ3v) is 5.59. The van der Waals surface area contributed by atoms with Gasteiger partial charge in [0.1, 0.15) is 0 Å². The summed E-state index contributed by atoms with van der Waals surface area (Å²) in [6.07, 6.45) is 5.38. The molecule has 0 radical (unpaired) electrons. The molecule has 0 saturated carbocycles. The number of hydrogen-bond donors (Lipinski definition) is 1. The second-order valence-corrected chi connectivity index (χ2v) is 7.05. The normalized spacial score (nSPS) is 21.3. The van der Waals surface area contributed by atoms with E-state index in [0.717, 1.165) is 11.8 Å². The lowest BCUT2D eigenvalue weighted by Crippen LogP contribution is -2.41. The summed E-state index contributed by atoms with van der Waals surface area (Å²) in [4.78, 5) is 0. The van der Waals surface area contributed by atoms with Crippen molar-refractivity contribution in [1.29, 1.82) is 0 Å². The van der Waals surface area contributed by atoms with Crippen LogP contribution in [0.25, 0.3) is 0 Å². The van der Waals surface area contributed by atoms with Crippen molar-refractivity contribution in [2.24, 2.45) is 0 Å². The van der Waals surface area contributed by atoms with Gasteiger partial charge in [-0.25, -0.2) is 0 Å². The van der Waals surface area contributed by atoms with Gasteiger partial charge in [-0.1, -0.05) is 37.1 Å². The Morgan fingerprint density at radius 2 is 2.16 bits per heavy atom. The molecule has 1 N–H and O–H groups in total. The topological polar surface area (TPSA) is 12.0 Å². The highest BCUT2D eigenvalue weighted by Gasteiger charge is 2.24. The fourth-order valence-corrected chi connectivity index (χ4v) is 4.37. The average molecular weight is 277 g/mol. The maximum Gasteiger partial charge on any atom is 0.0226 e. The van der Waals surface area contributed by atoms with Crippen LogP contribution in [0.4, 0.5) is 0 Å². The molecule has 0 aliphatic carbocycles. The fraction of sp³-hybridized carbons (Fsp3) is 0.647. The van der Waals surface area contributed by atoms with Crippen molar-refractivity contribution in [3.8, 4) is 0 Å². The first-order valence-corrected chi connectivity index (χ1v) is 8.66. The molecule has 1 saturated heterocycles. The van der Waals surface area contributed by atoms with Crippen LogP contribution < -0.4 is 5.32 Å². The zero-order chi connectivity index (χ0) is 13.7. The summed E-state index contributed by atoms with van der Waals surface area (Å²) < 4.78 is 0. The average Bonchev–Trinajstić information content (AvgIpc) is 2.43. The van der Waals surface area contributed by atoms with E-state index in [1.165, 1.54) is 48.1 Å². The summed E-state index contributed by atoms with van der Waals surface area (Å²) in [5, 5.41) is 4.53. The van der Waals surface area contributed by atoms with Crippen LogP contribution in [0.3, 0.4) is 0 Å². The number of likely N-dealkylation sites (N-methyl/N-ethyl adjacent to an activating group) is 1. The monoisotopic (exact) mass is 277 g/mol. The van der Waals surface area contributed by atoms with E-state index in [4.69, 9.17) is 0 Å². The highest BCUT2D eigenvalue weighted by atomic mass is 32.2. The van der Waals surface area contributed by atoms with Gasteiger partial charge in [0.05, 0.1) is 0 Å². The SMILES string of the molecule is CCNC(Cc1cc(C)ccc1C)C1CCCCS1. The van der Waals surface area contributed by atoms with Crippen molar-refractivity contribution in [2.75, 3.05) is 12.3 Å². The standard InChI is InChI=1S/C17H27NS/c1-4-18-16(17-7-5-6-10-19-17)12-15-11-13(2)8-9-14(15)3/h8-9,11,16-18H,4-7,10,12H2,1-3H3. The van der Waals surface area contributed by atoms with Gasteiger partial charge in [0.15, 0.2) is 0 Å². The highest BCUT2D eigenvalue weighted by molar-refractivity contribution is 8.00. The van der Waals surface area contributed by atoms with Crippen LogP contribution in [0.1, 0.15) is 42.9 Å². The first-order valence-electron chi connectivity index (χ1n) is 7.62. The number of hydrogen-bond acceptors (Lipinski definition) is 2. The lowest BCUT2D eigenvalue weighted by molar-refractivity contribution is 0.471. The Labute approximate surface area is 122 Å². The van der Waals surface area contributed by atoms with Crippen LogP contribution in [0.2, 0.25) is 0 Å². The Morgan fingerprint density at radius 1 is 1.32 bits per heavy atom. The van der Waals surface area contributed by atoms with E-state index in [9.17, 15) is 0 Å². The van der Waals surface area contributed by atoms with E-state index in [1.807, 2.05) is 0 Å². The molecule has 19 heavy (non-hydrogen) atoms. The van der Waals surface area contributed by atoms with Crippen molar-refractivity contribution >= 4 is 11.8 Å². The molecule has 1 aromatic rings. The first-order chi connectivity index (χ1) is 9.20. The summed E-state index contributed by atoms with van der Waals surface area (Å²) in [6.45, 7) is 7.74. The minimum Gasteiger partial charge on any atom is -0.313 e. The summed E-state index contributed by atoms with van der Waals surface area (Å²) >= 11 is 2.18. The largest absolute Gasteiger partial charge is 0.313 e. The molecule has 0 amide bonds. The second kappa shape index (κ2) is 7.35. The van der Waals surface area contributed by atoms with E-state index in [2.05, 4.69) is 56.0 Å². The molecule has 1 aliphatic rings. The van der Waals surface area contributed by atoms with Crippen LogP contribution in [-0.2, 0) is 6.42 Å². The molecular formula is C17H27NS. The third kappa shape index (κ3) is 4.25. The number of aryl methyl sites for hydroxylation is 2. The van der Waals surface area contributed by atoms with Gasteiger partial charge in [-0.05, 0) is 56.5 Å². The number of thioether (sulfide) groups is 1. The Bertz CT molecular complexity index is 396. The van der Waals surface area contributed by atoms with Crippen LogP contribution in [0.15, 0.2) is 18.2 Å². The Balaban J connectivity index is 2.08. The molecule has 2 unspecified atom stereocenters. The Kier molecular flexibility index (Phi) is 5.77. The molecule has 2 atom stereocenters. The van der Waals surface area contributed by atoms with Crippen LogP contribution in [0.5, 0.6) is 0 Å². The predicted molar refractivity (Wildman–Crippen MR) is 87.2 cm³/mol. The molecule has 106 valence electrons. The molecule has 1 fully saturated rings. The number of rotatable bonds is 5. The van der Waals surface area contributed by atoms with Crippen molar-refractivity contribution in [2.45, 2.75) is 57.7 Å². The summed E-state index contributed by atoms with van der Waals surface area (Å²) in [5.74, 6) is 1.35. The third-order valence-electron chi connectivity index (χ3n) is 4.07. The van der Waals surface area contributed by atoms with E-state index in [0.29, 0.717) is 6.04 Å². The first kappa shape index (κ1) is 14.9. The Hall–Kier alpha value is -0.470. The second-order valence-electron chi connectivity index (χ2n) is 5.70. The molecule has 0 bridgehead atoms. The molecule has 0 spiro atoms. The quantitative estimate of drug-likeness (QED) is 0.869. The van der Waals surface area contributed by atoms with Crippen molar-refractivity contribution in [1.82, 2.24) is 5.32 Å². The fourth-order valence-electron chi connectivity index (χ4n) is 2.94. The van der Waals surface area contributed by atoms with Crippen LogP contribution in [0, 0.1) is 13.8 Å². The van der Waals surface area contributed by atoms with Gasteiger partial charge in [0, 0.05) is 11.3 Å². The van der Waals surface area contributed by atoms with E-state index in [-0.39, 0.29) is 0 Å². The summed E-state index contributed by atoms with van der Waals surface area (Å²) in [5.41, 5.74) is 4.35. The lowest BCUT2D eigenvalue weighted by Gasteiger charge is -2.31. The van der Waals surface area contributed by atoms with Gasteiger partial charge in [-0.2, -0.15) is 11.8 Å². The molecule has 1 nitrogen and oxygen atoms in total. The Morgan fingerprint density at radius 3 is 2.84 bits per heavy atom. The molecule has 0 aromatic heterocycles. The van der Waals surface area contributed by atoms with Gasteiger partial charge in [-0.3, -0.25) is 0 Å². The van der Waals surface area contributed by atoms with Crippen LogP contribution in [-0.4, -0.2) is 23.6 Å². The summed E-state index contributed by atoms with van der Waals surface area (Å²) in [7, 11) is 0. The molecule has 1 aliphatic heterocycles. The number of nitrogens with one attached hydrogen (secondary N) is 1. The van der Waals surface area contributed by atoms with Crippen molar-refractivity contribution in [3.63, 3.8) is 0 Å². The van der Waals surface area contributed by atoms with E-state index < -0.39 is 0 Å². The zero-order valence-corrected chi connectivity index (χ0v) is 13.4. The van der Waals surface area contributed by atoms with E-state index >= 15 is 0 Å². The van der Waals surface area contributed by atoms with Gasteiger partial charge in [-0.15, -0.1) is 0 Å². The van der Waals surface area contributed by atoms with Crippen molar-refractivity contribution in [3.05, 3.63) is 34.9 Å². The maximum absolute atomic E-state index is 3.73. The maximum atomic E-state index is 3.73. The lowest BCUT2D eigenvalue weighted by atomic mass is 9.95. The molecule has 2 rings (SSSR count). The van der Waals surface area contributed by atoms with E-state index in [1.54, 1.807) is 0 Å². The highest BCUT2D eigenvalue weighted by Crippen LogP contribution is 2.29. The predicted octanol–water partition coefficient (Wildman–Crippen LogP) is 4.11. The summed E-state index contributed by atoms with van der Waals surface area (Å²) in [6, 6.07) is 7.49. The molecule has 1 heterocycles. The van der Waals surface area contributed by atoms with Crippen LogP contribution >= 0.6 is 11.8 Å². The van der Waals surface area contributed by atoms with Gasteiger partial charge in [0.2, 0.25) is 0 Å².